The van der Waals surface area contributed by atoms with E-state index in [0.29, 0.717) is 0 Å². The third-order valence-corrected chi connectivity index (χ3v) is 4.16. The smallest absolute Gasteiger partial charge is 0.120 e. The lowest BCUT2D eigenvalue weighted by Gasteiger charge is -2.20. The molecule has 0 amide bonds. The predicted octanol–water partition coefficient (Wildman–Crippen LogP) is 2.36. The van der Waals surface area contributed by atoms with Gasteiger partial charge in [0.05, 0.1) is 6.54 Å². The number of likely N-dealkylation sites (tertiary alicyclic amines) is 1. The van der Waals surface area contributed by atoms with Crippen molar-refractivity contribution >= 4 is 0 Å². The molecule has 1 saturated heterocycles. The fourth-order valence-corrected chi connectivity index (χ4v) is 3.19. The average Bonchev–Trinajstić information content (AvgIpc) is 3.12. The van der Waals surface area contributed by atoms with E-state index in [1.165, 1.54) is 25.1 Å². The van der Waals surface area contributed by atoms with Crippen molar-refractivity contribution in [3.63, 3.8) is 0 Å². The highest BCUT2D eigenvalue weighted by molar-refractivity contribution is 5.14. The summed E-state index contributed by atoms with van der Waals surface area (Å²) in [4.78, 5) is 12.4. The average molecular weight is 284 g/mol. The lowest BCUT2D eigenvalue weighted by Crippen LogP contribution is -2.28. The molecule has 1 aliphatic rings. The van der Waals surface area contributed by atoms with Crippen molar-refractivity contribution in [2.75, 3.05) is 26.7 Å². The molecule has 1 atom stereocenters. The van der Waals surface area contributed by atoms with E-state index in [1.54, 1.807) is 0 Å². The molecule has 0 saturated carbocycles. The van der Waals surface area contributed by atoms with Crippen LogP contribution in [0.2, 0.25) is 0 Å². The minimum Gasteiger partial charge on any atom is -0.348 e. The molecular formula is C17H24N4. The van der Waals surface area contributed by atoms with Crippen molar-refractivity contribution in [1.29, 1.82) is 0 Å². The summed E-state index contributed by atoms with van der Waals surface area (Å²) in [6.07, 6.45) is 5.01. The summed E-state index contributed by atoms with van der Waals surface area (Å²) in [6.45, 7) is 5.55. The summed E-state index contributed by atoms with van der Waals surface area (Å²) >= 11 is 0. The Balaban J connectivity index is 1.44. The normalized spacial score (nSPS) is 19.4. The molecule has 2 heterocycles. The Morgan fingerprint density at radius 3 is 2.95 bits per heavy atom. The lowest BCUT2D eigenvalue weighted by atomic mass is 10.1. The summed E-state index contributed by atoms with van der Waals surface area (Å²) < 4.78 is 0. The number of H-pyrrole nitrogens is 1. The first kappa shape index (κ1) is 14.3. The first-order chi connectivity index (χ1) is 10.3. The van der Waals surface area contributed by atoms with Crippen LogP contribution in [-0.2, 0) is 13.1 Å². The highest BCUT2D eigenvalue weighted by Crippen LogP contribution is 2.19. The molecule has 0 radical (unpaired) electrons. The quantitative estimate of drug-likeness (QED) is 0.884. The first-order valence-corrected chi connectivity index (χ1v) is 7.72. The van der Waals surface area contributed by atoms with Crippen molar-refractivity contribution in [2.45, 2.75) is 19.5 Å². The van der Waals surface area contributed by atoms with E-state index < -0.39 is 0 Å². The summed E-state index contributed by atoms with van der Waals surface area (Å²) in [5.74, 6) is 1.82. The maximum absolute atomic E-state index is 4.29. The first-order valence-electron chi connectivity index (χ1n) is 7.72. The van der Waals surface area contributed by atoms with E-state index in [9.17, 15) is 0 Å². The summed E-state index contributed by atoms with van der Waals surface area (Å²) in [6, 6.07) is 10.8. The number of nitrogens with zero attached hydrogens (tertiary/aromatic N) is 3. The molecule has 2 aromatic rings. The molecule has 4 heteroatoms. The molecular weight excluding hydrogens is 260 g/mol. The van der Waals surface area contributed by atoms with E-state index in [4.69, 9.17) is 0 Å². The van der Waals surface area contributed by atoms with Gasteiger partial charge >= 0.3 is 0 Å². The molecule has 0 unspecified atom stereocenters. The van der Waals surface area contributed by atoms with Gasteiger partial charge < -0.3 is 4.98 Å². The standard InChI is InChI=1S/C17H24N4/c1-20(14-17-18-8-9-19-17)11-16-7-10-21(13-16)12-15-5-3-2-4-6-15/h2-6,8-9,16H,7,10-14H2,1H3,(H,18,19)/t16-/m1/s1. The Bertz CT molecular complexity index is 523. The topological polar surface area (TPSA) is 35.2 Å². The van der Waals surface area contributed by atoms with Gasteiger partial charge in [-0.25, -0.2) is 4.98 Å². The fraction of sp³-hybridized carbons (Fsp3) is 0.471. The van der Waals surface area contributed by atoms with Crippen LogP contribution in [0, 0.1) is 5.92 Å². The van der Waals surface area contributed by atoms with Crippen LogP contribution in [0.1, 0.15) is 17.8 Å². The largest absolute Gasteiger partial charge is 0.348 e. The van der Waals surface area contributed by atoms with Gasteiger partial charge in [-0.2, -0.15) is 0 Å². The molecule has 112 valence electrons. The summed E-state index contributed by atoms with van der Waals surface area (Å²) in [5, 5.41) is 0. The van der Waals surface area contributed by atoms with E-state index >= 15 is 0 Å². The van der Waals surface area contributed by atoms with Gasteiger partial charge in [0.25, 0.3) is 0 Å². The van der Waals surface area contributed by atoms with Crippen LogP contribution in [0.4, 0.5) is 0 Å². The number of benzene rings is 1. The lowest BCUT2D eigenvalue weighted by molar-refractivity contribution is 0.251. The number of aromatic amines is 1. The van der Waals surface area contributed by atoms with Gasteiger partial charge in [0.1, 0.15) is 5.82 Å². The second-order valence-corrected chi connectivity index (χ2v) is 6.11. The zero-order valence-corrected chi connectivity index (χ0v) is 12.7. The highest BCUT2D eigenvalue weighted by atomic mass is 15.2. The van der Waals surface area contributed by atoms with Crippen LogP contribution in [-0.4, -0.2) is 46.4 Å². The third kappa shape index (κ3) is 4.16. The van der Waals surface area contributed by atoms with Crippen LogP contribution < -0.4 is 0 Å². The molecule has 21 heavy (non-hydrogen) atoms. The van der Waals surface area contributed by atoms with E-state index in [-0.39, 0.29) is 0 Å². The van der Waals surface area contributed by atoms with E-state index in [0.717, 1.165) is 31.4 Å². The second kappa shape index (κ2) is 6.87. The van der Waals surface area contributed by atoms with Crippen molar-refractivity contribution in [3.05, 3.63) is 54.1 Å². The molecule has 1 aliphatic heterocycles. The molecule has 0 bridgehead atoms. The van der Waals surface area contributed by atoms with Gasteiger partial charge in [-0.1, -0.05) is 30.3 Å². The van der Waals surface area contributed by atoms with E-state index in [1.807, 2.05) is 12.4 Å². The van der Waals surface area contributed by atoms with Crippen LogP contribution in [0.15, 0.2) is 42.7 Å². The van der Waals surface area contributed by atoms with Gasteiger partial charge in [-0.3, -0.25) is 9.80 Å². The molecule has 3 rings (SSSR count). The van der Waals surface area contributed by atoms with Crippen molar-refractivity contribution in [2.24, 2.45) is 5.92 Å². The monoisotopic (exact) mass is 284 g/mol. The third-order valence-electron chi connectivity index (χ3n) is 4.16. The molecule has 1 fully saturated rings. The number of hydrogen-bond acceptors (Lipinski definition) is 3. The summed E-state index contributed by atoms with van der Waals surface area (Å²) in [7, 11) is 2.18. The van der Waals surface area contributed by atoms with Crippen LogP contribution >= 0.6 is 0 Å². The van der Waals surface area contributed by atoms with Crippen LogP contribution in [0.3, 0.4) is 0 Å². The Labute approximate surface area is 126 Å². The van der Waals surface area contributed by atoms with Crippen molar-refractivity contribution < 1.29 is 0 Å². The zero-order chi connectivity index (χ0) is 14.5. The molecule has 4 nitrogen and oxygen atoms in total. The predicted molar refractivity (Wildman–Crippen MR) is 84.7 cm³/mol. The zero-order valence-electron chi connectivity index (χ0n) is 12.7. The minimum atomic E-state index is 0.772. The maximum atomic E-state index is 4.29. The van der Waals surface area contributed by atoms with E-state index in [2.05, 4.69) is 57.1 Å². The second-order valence-electron chi connectivity index (χ2n) is 6.11. The Hall–Kier alpha value is -1.65. The Kier molecular flexibility index (Phi) is 4.68. The van der Waals surface area contributed by atoms with Gasteiger partial charge in [0, 0.05) is 32.0 Å². The van der Waals surface area contributed by atoms with Gasteiger partial charge in [-0.05, 0) is 31.5 Å². The molecule has 0 aliphatic carbocycles. The van der Waals surface area contributed by atoms with Gasteiger partial charge in [0.15, 0.2) is 0 Å². The number of aromatic nitrogens is 2. The minimum absolute atomic E-state index is 0.772. The summed E-state index contributed by atoms with van der Waals surface area (Å²) in [5.41, 5.74) is 1.42. The molecule has 0 spiro atoms. The number of hydrogen-bond donors (Lipinski definition) is 1. The highest BCUT2D eigenvalue weighted by Gasteiger charge is 2.23. The maximum Gasteiger partial charge on any atom is 0.120 e. The number of nitrogens with one attached hydrogen (secondary N) is 1. The molecule has 1 aromatic heterocycles. The number of rotatable bonds is 6. The molecule has 1 N–H and O–H groups in total. The Morgan fingerprint density at radius 1 is 1.33 bits per heavy atom. The van der Waals surface area contributed by atoms with Crippen LogP contribution in [0.25, 0.3) is 0 Å². The fourth-order valence-electron chi connectivity index (χ4n) is 3.19. The SMILES string of the molecule is CN(Cc1ncc[nH]1)C[C@H]1CCN(Cc2ccccc2)C1. The molecule has 1 aromatic carbocycles. The van der Waals surface area contributed by atoms with Crippen molar-refractivity contribution in [3.8, 4) is 0 Å². The number of imidazole rings is 1. The van der Waals surface area contributed by atoms with Crippen molar-refractivity contribution in [1.82, 2.24) is 19.8 Å². The van der Waals surface area contributed by atoms with Crippen LogP contribution in [0.5, 0.6) is 0 Å². The van der Waals surface area contributed by atoms with Gasteiger partial charge in [0.2, 0.25) is 0 Å². The Morgan fingerprint density at radius 2 is 2.19 bits per heavy atom. The van der Waals surface area contributed by atoms with Gasteiger partial charge in [-0.15, -0.1) is 0 Å².